The van der Waals surface area contributed by atoms with Gasteiger partial charge in [0.2, 0.25) is 5.78 Å². The van der Waals surface area contributed by atoms with Gasteiger partial charge in [-0.2, -0.15) is 5.10 Å². The SMILES string of the molecule is Cc1ccc2oc(C(=O)Cc3c(C)nn(C)c3C)cc2c1. The van der Waals surface area contributed by atoms with Gasteiger partial charge in [0.05, 0.1) is 5.69 Å². The van der Waals surface area contributed by atoms with Crippen LogP contribution in [0.4, 0.5) is 0 Å². The average Bonchev–Trinajstić information content (AvgIpc) is 2.95. The molecule has 0 aliphatic heterocycles. The van der Waals surface area contributed by atoms with E-state index < -0.39 is 0 Å². The predicted octanol–water partition coefficient (Wildman–Crippen LogP) is 3.52. The van der Waals surface area contributed by atoms with E-state index in [0.29, 0.717) is 12.2 Å². The molecule has 0 saturated carbocycles. The van der Waals surface area contributed by atoms with E-state index in [0.717, 1.165) is 33.5 Å². The number of benzene rings is 1. The largest absolute Gasteiger partial charge is 0.453 e. The maximum absolute atomic E-state index is 12.5. The van der Waals surface area contributed by atoms with Crippen LogP contribution < -0.4 is 0 Å². The minimum Gasteiger partial charge on any atom is -0.453 e. The third-order valence-electron chi connectivity index (χ3n) is 3.94. The predicted molar refractivity (Wildman–Crippen MR) is 81.7 cm³/mol. The number of rotatable bonds is 3. The third-order valence-corrected chi connectivity index (χ3v) is 3.94. The second-order valence-electron chi connectivity index (χ2n) is 5.52. The Labute approximate surface area is 123 Å². The number of aryl methyl sites for hydroxylation is 3. The molecule has 2 aromatic heterocycles. The highest BCUT2D eigenvalue weighted by molar-refractivity contribution is 5.99. The Morgan fingerprint density at radius 2 is 2.00 bits per heavy atom. The summed E-state index contributed by atoms with van der Waals surface area (Å²) < 4.78 is 7.47. The fourth-order valence-electron chi connectivity index (χ4n) is 2.62. The standard InChI is InChI=1S/C17H18N2O2/c1-10-5-6-16-13(7-10)8-17(21-16)15(20)9-14-11(2)18-19(4)12(14)3/h5-8H,9H2,1-4H3. The van der Waals surface area contributed by atoms with E-state index in [1.54, 1.807) is 4.68 Å². The lowest BCUT2D eigenvalue weighted by Gasteiger charge is -1.99. The van der Waals surface area contributed by atoms with E-state index in [1.807, 2.05) is 52.1 Å². The van der Waals surface area contributed by atoms with Gasteiger partial charge >= 0.3 is 0 Å². The van der Waals surface area contributed by atoms with Crippen molar-refractivity contribution in [1.82, 2.24) is 9.78 Å². The molecule has 0 spiro atoms. The molecule has 108 valence electrons. The molecule has 0 bridgehead atoms. The Morgan fingerprint density at radius 3 is 2.67 bits per heavy atom. The molecule has 0 aliphatic carbocycles. The van der Waals surface area contributed by atoms with Crippen molar-refractivity contribution in [2.75, 3.05) is 0 Å². The van der Waals surface area contributed by atoms with Crippen molar-refractivity contribution in [2.24, 2.45) is 7.05 Å². The molecule has 0 N–H and O–H groups in total. The summed E-state index contributed by atoms with van der Waals surface area (Å²) in [5.41, 5.74) is 4.81. The Balaban J connectivity index is 1.93. The number of fused-ring (bicyclic) bond motifs is 1. The molecule has 0 saturated heterocycles. The summed E-state index contributed by atoms with van der Waals surface area (Å²) in [4.78, 5) is 12.5. The van der Waals surface area contributed by atoms with Gasteiger partial charge in [0.1, 0.15) is 5.58 Å². The van der Waals surface area contributed by atoms with Gasteiger partial charge < -0.3 is 4.42 Å². The molecule has 21 heavy (non-hydrogen) atoms. The van der Waals surface area contributed by atoms with Crippen LogP contribution in [0.25, 0.3) is 11.0 Å². The summed E-state index contributed by atoms with van der Waals surface area (Å²) in [5, 5.41) is 5.32. The first-order chi connectivity index (χ1) is 9.95. The summed E-state index contributed by atoms with van der Waals surface area (Å²) in [5.74, 6) is 0.404. The highest BCUT2D eigenvalue weighted by Crippen LogP contribution is 2.23. The van der Waals surface area contributed by atoms with Crippen molar-refractivity contribution >= 4 is 16.8 Å². The number of hydrogen-bond acceptors (Lipinski definition) is 3. The average molecular weight is 282 g/mol. The van der Waals surface area contributed by atoms with Crippen LogP contribution in [0.1, 0.15) is 33.1 Å². The fraction of sp³-hybridized carbons (Fsp3) is 0.294. The number of carbonyl (C=O) groups is 1. The van der Waals surface area contributed by atoms with Gasteiger partial charge in [-0.05, 0) is 39.0 Å². The minimum atomic E-state index is -0.0111. The smallest absolute Gasteiger partial charge is 0.202 e. The molecule has 4 heteroatoms. The number of carbonyl (C=O) groups excluding carboxylic acids is 1. The number of furan rings is 1. The van der Waals surface area contributed by atoms with Crippen molar-refractivity contribution in [1.29, 1.82) is 0 Å². The Kier molecular flexibility index (Phi) is 3.16. The van der Waals surface area contributed by atoms with Gasteiger partial charge in [-0.25, -0.2) is 0 Å². The zero-order chi connectivity index (χ0) is 15.1. The van der Waals surface area contributed by atoms with Crippen molar-refractivity contribution in [3.05, 3.63) is 52.5 Å². The maximum atomic E-state index is 12.5. The van der Waals surface area contributed by atoms with Crippen LogP contribution in [0.15, 0.2) is 28.7 Å². The first kappa shape index (κ1) is 13.6. The molecule has 1 aromatic carbocycles. The van der Waals surface area contributed by atoms with Crippen molar-refractivity contribution < 1.29 is 9.21 Å². The van der Waals surface area contributed by atoms with E-state index in [4.69, 9.17) is 4.42 Å². The molecule has 0 aliphatic rings. The van der Waals surface area contributed by atoms with Crippen molar-refractivity contribution in [2.45, 2.75) is 27.2 Å². The molecule has 0 atom stereocenters. The number of nitrogens with zero attached hydrogens (tertiary/aromatic N) is 2. The molecule has 3 rings (SSSR count). The molecule has 0 fully saturated rings. The highest BCUT2D eigenvalue weighted by Gasteiger charge is 2.18. The highest BCUT2D eigenvalue weighted by atomic mass is 16.3. The van der Waals surface area contributed by atoms with Gasteiger partial charge in [-0.1, -0.05) is 11.6 Å². The molecular formula is C17H18N2O2. The second-order valence-corrected chi connectivity index (χ2v) is 5.52. The van der Waals surface area contributed by atoms with Crippen molar-refractivity contribution in [3.8, 4) is 0 Å². The summed E-state index contributed by atoms with van der Waals surface area (Å²) in [6.45, 7) is 5.93. The zero-order valence-corrected chi connectivity index (χ0v) is 12.7. The van der Waals surface area contributed by atoms with Crippen LogP contribution in [-0.2, 0) is 13.5 Å². The number of hydrogen-bond donors (Lipinski definition) is 0. The summed E-state index contributed by atoms with van der Waals surface area (Å²) in [7, 11) is 1.89. The van der Waals surface area contributed by atoms with Crippen LogP contribution in [0.2, 0.25) is 0 Å². The first-order valence-electron chi connectivity index (χ1n) is 6.98. The van der Waals surface area contributed by atoms with Crippen LogP contribution >= 0.6 is 0 Å². The number of ketones is 1. The summed E-state index contributed by atoms with van der Waals surface area (Å²) in [6, 6.07) is 7.74. The number of Topliss-reactive ketones (excluding diaryl/α,β-unsaturated/α-hetero) is 1. The molecule has 4 nitrogen and oxygen atoms in total. The lowest BCUT2D eigenvalue weighted by Crippen LogP contribution is -2.04. The molecular weight excluding hydrogens is 264 g/mol. The van der Waals surface area contributed by atoms with Crippen LogP contribution in [0, 0.1) is 20.8 Å². The minimum absolute atomic E-state index is 0.0111. The van der Waals surface area contributed by atoms with Gasteiger partial charge in [0, 0.05) is 30.1 Å². The maximum Gasteiger partial charge on any atom is 0.202 e. The normalized spacial score (nSPS) is 11.2. The fourth-order valence-corrected chi connectivity index (χ4v) is 2.62. The van der Waals surface area contributed by atoms with E-state index in [1.165, 1.54) is 0 Å². The van der Waals surface area contributed by atoms with Gasteiger partial charge in [-0.15, -0.1) is 0 Å². The van der Waals surface area contributed by atoms with Crippen LogP contribution in [0.5, 0.6) is 0 Å². The van der Waals surface area contributed by atoms with Gasteiger partial charge in [0.25, 0.3) is 0 Å². The molecule has 3 aromatic rings. The van der Waals surface area contributed by atoms with Crippen molar-refractivity contribution in [3.63, 3.8) is 0 Å². The Morgan fingerprint density at radius 1 is 1.24 bits per heavy atom. The lowest BCUT2D eigenvalue weighted by atomic mass is 10.1. The zero-order valence-electron chi connectivity index (χ0n) is 12.7. The van der Waals surface area contributed by atoms with E-state index in [2.05, 4.69) is 5.10 Å². The van der Waals surface area contributed by atoms with Crippen LogP contribution in [0.3, 0.4) is 0 Å². The van der Waals surface area contributed by atoms with E-state index >= 15 is 0 Å². The summed E-state index contributed by atoms with van der Waals surface area (Å²) >= 11 is 0. The molecule has 0 amide bonds. The van der Waals surface area contributed by atoms with E-state index in [9.17, 15) is 4.79 Å². The van der Waals surface area contributed by atoms with Gasteiger partial charge in [0.15, 0.2) is 5.76 Å². The Bertz CT molecular complexity index is 840. The molecule has 0 unspecified atom stereocenters. The molecule has 0 radical (unpaired) electrons. The second kappa shape index (κ2) is 4.88. The quantitative estimate of drug-likeness (QED) is 0.691. The lowest BCUT2D eigenvalue weighted by molar-refractivity contribution is 0.0968. The topological polar surface area (TPSA) is 48.0 Å². The number of aromatic nitrogens is 2. The van der Waals surface area contributed by atoms with Gasteiger partial charge in [-0.3, -0.25) is 9.48 Å². The third kappa shape index (κ3) is 2.37. The Hall–Kier alpha value is -2.36. The summed E-state index contributed by atoms with van der Waals surface area (Å²) in [6.07, 6.45) is 0.324. The first-order valence-corrected chi connectivity index (χ1v) is 6.98. The monoisotopic (exact) mass is 282 g/mol. The van der Waals surface area contributed by atoms with Crippen LogP contribution in [-0.4, -0.2) is 15.6 Å². The molecule has 2 heterocycles. The van der Waals surface area contributed by atoms with E-state index in [-0.39, 0.29) is 5.78 Å².